The van der Waals surface area contributed by atoms with Gasteiger partial charge < -0.3 is 10.6 Å². The van der Waals surface area contributed by atoms with Crippen LogP contribution in [0.3, 0.4) is 0 Å². The minimum Gasteiger partial charge on any atom is -0.350 e. The number of hydrogen-bond acceptors (Lipinski definition) is 4. The zero-order valence-corrected chi connectivity index (χ0v) is 14.8. The van der Waals surface area contributed by atoms with Crippen LogP contribution in [-0.2, 0) is 16.1 Å². The first kappa shape index (κ1) is 17.5. The van der Waals surface area contributed by atoms with Gasteiger partial charge in [-0.05, 0) is 38.1 Å². The van der Waals surface area contributed by atoms with Gasteiger partial charge in [0.2, 0.25) is 11.8 Å². The minimum absolute atomic E-state index is 0.131. The van der Waals surface area contributed by atoms with Gasteiger partial charge in [-0.25, -0.2) is 9.07 Å². The second-order valence-corrected chi connectivity index (χ2v) is 7.98. The molecule has 1 aliphatic rings. The highest BCUT2D eigenvalue weighted by molar-refractivity contribution is 8.01. The number of nitrogens with zero attached hydrogens (tertiary/aromatic N) is 2. The Labute approximate surface area is 149 Å². The van der Waals surface area contributed by atoms with E-state index in [1.807, 2.05) is 13.8 Å². The number of hydrogen-bond donors (Lipinski definition) is 2. The van der Waals surface area contributed by atoms with Crippen molar-refractivity contribution >= 4 is 23.6 Å². The van der Waals surface area contributed by atoms with Gasteiger partial charge in [0.25, 0.3) is 0 Å². The summed E-state index contributed by atoms with van der Waals surface area (Å²) in [5.74, 6) is -0.114. The summed E-state index contributed by atoms with van der Waals surface area (Å²) in [6.45, 7) is 3.98. The lowest BCUT2D eigenvalue weighted by molar-refractivity contribution is -0.129. The first-order valence-electron chi connectivity index (χ1n) is 7.87. The summed E-state index contributed by atoms with van der Waals surface area (Å²) < 4.78 is 14.1. The SMILES string of the molecule is CC1(C)SC[C@H](C(=O)NCc2cnn(-c3ccc(F)cc3)c2)NC1=O. The zero-order chi connectivity index (χ0) is 18.0. The number of nitrogens with one attached hydrogen (secondary N) is 2. The lowest BCUT2D eigenvalue weighted by Gasteiger charge is -2.32. The maximum absolute atomic E-state index is 13.0. The van der Waals surface area contributed by atoms with E-state index in [-0.39, 0.29) is 17.6 Å². The van der Waals surface area contributed by atoms with Crippen molar-refractivity contribution in [2.45, 2.75) is 31.2 Å². The molecule has 1 saturated heterocycles. The Bertz CT molecular complexity index is 788. The first-order valence-corrected chi connectivity index (χ1v) is 8.86. The molecule has 0 saturated carbocycles. The largest absolute Gasteiger partial charge is 0.350 e. The Morgan fingerprint density at radius 2 is 2.16 bits per heavy atom. The monoisotopic (exact) mass is 362 g/mol. The van der Waals surface area contributed by atoms with Gasteiger partial charge in [0.05, 0.1) is 16.6 Å². The third kappa shape index (κ3) is 4.01. The van der Waals surface area contributed by atoms with E-state index in [1.54, 1.807) is 29.2 Å². The number of carbonyl (C=O) groups excluding carboxylic acids is 2. The van der Waals surface area contributed by atoms with Gasteiger partial charge in [0, 0.05) is 24.1 Å². The Morgan fingerprint density at radius 1 is 1.44 bits per heavy atom. The normalized spacial score (nSPS) is 19.3. The van der Waals surface area contributed by atoms with Crippen LogP contribution in [0.5, 0.6) is 0 Å². The van der Waals surface area contributed by atoms with E-state index in [0.717, 1.165) is 11.3 Å². The lowest BCUT2D eigenvalue weighted by Crippen LogP contribution is -2.56. The molecule has 1 fully saturated rings. The Balaban J connectivity index is 1.56. The van der Waals surface area contributed by atoms with Crippen LogP contribution in [0.25, 0.3) is 5.69 Å². The quantitative estimate of drug-likeness (QED) is 0.867. The van der Waals surface area contributed by atoms with Crippen LogP contribution in [0.2, 0.25) is 0 Å². The highest BCUT2D eigenvalue weighted by Crippen LogP contribution is 2.28. The molecular weight excluding hydrogens is 343 g/mol. The van der Waals surface area contributed by atoms with Gasteiger partial charge in [0.15, 0.2) is 0 Å². The Hall–Kier alpha value is -2.35. The molecule has 6 nitrogen and oxygen atoms in total. The van der Waals surface area contributed by atoms with Gasteiger partial charge in [-0.1, -0.05) is 0 Å². The Kier molecular flexibility index (Phi) is 4.80. The summed E-state index contributed by atoms with van der Waals surface area (Å²) in [6.07, 6.45) is 3.41. The van der Waals surface area contributed by atoms with Gasteiger partial charge >= 0.3 is 0 Å². The predicted octanol–water partition coefficient (Wildman–Crippen LogP) is 1.64. The van der Waals surface area contributed by atoms with Crippen LogP contribution in [0.4, 0.5) is 4.39 Å². The summed E-state index contributed by atoms with van der Waals surface area (Å²) in [6, 6.07) is 5.45. The molecule has 2 amide bonds. The summed E-state index contributed by atoms with van der Waals surface area (Å²) in [5.41, 5.74) is 1.55. The summed E-state index contributed by atoms with van der Waals surface area (Å²) in [7, 11) is 0. The molecule has 2 N–H and O–H groups in total. The van der Waals surface area contributed by atoms with Crippen LogP contribution in [0.15, 0.2) is 36.7 Å². The number of benzene rings is 1. The van der Waals surface area contributed by atoms with E-state index < -0.39 is 10.8 Å². The summed E-state index contributed by atoms with van der Waals surface area (Å²) in [5, 5.41) is 9.77. The van der Waals surface area contributed by atoms with Crippen molar-refractivity contribution in [2.24, 2.45) is 0 Å². The molecule has 3 rings (SSSR count). The molecule has 2 aromatic rings. The molecule has 132 valence electrons. The first-order chi connectivity index (χ1) is 11.8. The van der Waals surface area contributed by atoms with Crippen LogP contribution in [0.1, 0.15) is 19.4 Å². The number of carbonyl (C=O) groups is 2. The molecule has 8 heteroatoms. The molecule has 0 radical (unpaired) electrons. The number of thioether (sulfide) groups is 1. The standard InChI is InChI=1S/C17H19FN4O2S/c1-17(2)16(24)21-14(10-25-17)15(23)19-7-11-8-20-22(9-11)13-5-3-12(18)4-6-13/h3-6,8-9,14H,7,10H2,1-2H3,(H,19,23)(H,21,24)/t14-/m1/s1. The fraction of sp³-hybridized carbons (Fsp3) is 0.353. The fourth-order valence-electron chi connectivity index (χ4n) is 2.37. The Morgan fingerprint density at radius 3 is 2.84 bits per heavy atom. The molecule has 0 aliphatic carbocycles. The van der Waals surface area contributed by atoms with Crippen LogP contribution >= 0.6 is 11.8 Å². The number of aromatic nitrogens is 2. The summed E-state index contributed by atoms with van der Waals surface area (Å²) in [4.78, 5) is 24.2. The fourth-order valence-corrected chi connectivity index (χ4v) is 3.38. The molecule has 0 unspecified atom stereocenters. The van der Waals surface area contributed by atoms with Crippen molar-refractivity contribution in [3.8, 4) is 5.69 Å². The van der Waals surface area contributed by atoms with Crippen molar-refractivity contribution in [1.82, 2.24) is 20.4 Å². The third-order valence-electron chi connectivity index (χ3n) is 3.97. The molecule has 0 spiro atoms. The van der Waals surface area contributed by atoms with E-state index in [2.05, 4.69) is 15.7 Å². The molecule has 1 aromatic carbocycles. The second-order valence-electron chi connectivity index (χ2n) is 6.33. The van der Waals surface area contributed by atoms with Gasteiger partial charge in [-0.2, -0.15) is 5.10 Å². The highest BCUT2D eigenvalue weighted by Gasteiger charge is 2.37. The van der Waals surface area contributed by atoms with E-state index >= 15 is 0 Å². The van der Waals surface area contributed by atoms with Crippen molar-refractivity contribution < 1.29 is 14.0 Å². The van der Waals surface area contributed by atoms with Gasteiger partial charge in [-0.15, -0.1) is 11.8 Å². The number of amides is 2. The minimum atomic E-state index is -0.530. The predicted molar refractivity (Wildman–Crippen MR) is 93.8 cm³/mol. The van der Waals surface area contributed by atoms with E-state index in [1.165, 1.54) is 23.9 Å². The highest BCUT2D eigenvalue weighted by atomic mass is 32.2. The van der Waals surface area contributed by atoms with Crippen molar-refractivity contribution in [1.29, 1.82) is 0 Å². The van der Waals surface area contributed by atoms with Crippen LogP contribution in [0, 0.1) is 5.82 Å². The van der Waals surface area contributed by atoms with Crippen molar-refractivity contribution in [3.63, 3.8) is 0 Å². The van der Waals surface area contributed by atoms with Gasteiger partial charge in [-0.3, -0.25) is 9.59 Å². The molecule has 1 aromatic heterocycles. The third-order valence-corrected chi connectivity index (χ3v) is 5.38. The smallest absolute Gasteiger partial charge is 0.243 e. The average Bonchev–Trinajstić information content (AvgIpc) is 3.05. The lowest BCUT2D eigenvalue weighted by atomic mass is 10.1. The topological polar surface area (TPSA) is 76.0 Å². The molecule has 0 bridgehead atoms. The second kappa shape index (κ2) is 6.87. The molecule has 2 heterocycles. The van der Waals surface area contributed by atoms with E-state index in [9.17, 15) is 14.0 Å². The number of rotatable bonds is 4. The van der Waals surface area contributed by atoms with Gasteiger partial charge in [0.1, 0.15) is 11.9 Å². The average molecular weight is 362 g/mol. The summed E-state index contributed by atoms with van der Waals surface area (Å²) >= 11 is 1.47. The number of halogens is 1. The van der Waals surface area contributed by atoms with Crippen LogP contribution < -0.4 is 10.6 Å². The van der Waals surface area contributed by atoms with Crippen LogP contribution in [-0.4, -0.2) is 38.1 Å². The molecule has 1 aliphatic heterocycles. The molecule has 25 heavy (non-hydrogen) atoms. The maximum Gasteiger partial charge on any atom is 0.243 e. The van der Waals surface area contributed by atoms with E-state index in [0.29, 0.717) is 12.3 Å². The maximum atomic E-state index is 13.0. The van der Waals surface area contributed by atoms with Crippen molar-refractivity contribution in [3.05, 3.63) is 48.0 Å². The zero-order valence-electron chi connectivity index (χ0n) is 14.0. The van der Waals surface area contributed by atoms with Crippen molar-refractivity contribution in [2.75, 3.05) is 5.75 Å². The molecule has 1 atom stereocenters. The molecular formula is C17H19FN4O2S. The van der Waals surface area contributed by atoms with E-state index in [4.69, 9.17) is 0 Å².